The van der Waals surface area contributed by atoms with Crippen LogP contribution in [-0.2, 0) is 9.53 Å². The molecule has 3 amide bonds. The second-order valence-corrected chi connectivity index (χ2v) is 7.85. The molecule has 1 aliphatic heterocycles. The number of aromatic amines is 1. The minimum atomic E-state index is -1.02. The Balaban J connectivity index is 2.25. The monoisotopic (exact) mass is 391 g/mol. The highest BCUT2D eigenvalue weighted by Gasteiger charge is 2.48. The molecule has 0 spiro atoms. The third-order valence-corrected chi connectivity index (χ3v) is 5.00. The van der Waals surface area contributed by atoms with Crippen molar-refractivity contribution in [2.24, 2.45) is 5.92 Å². The number of urea groups is 1. The molecule has 0 aliphatic carbocycles. The highest BCUT2D eigenvalue weighted by molar-refractivity contribution is 6.14. The lowest BCUT2D eigenvalue weighted by atomic mass is 9.92. The van der Waals surface area contributed by atoms with E-state index in [0.29, 0.717) is 23.7 Å². The SMILES string of the molecule is CCOC(=O)c1c(C)[nH]c(C)c1C(=O)CN1C(=O)N[C@](C)(CCC(C)C)C1=O. The molecule has 1 aromatic rings. The Kier molecular flexibility index (Phi) is 6.31. The summed E-state index contributed by atoms with van der Waals surface area (Å²) >= 11 is 0. The molecule has 0 bridgehead atoms. The van der Waals surface area contributed by atoms with E-state index in [4.69, 9.17) is 4.74 Å². The number of esters is 1. The van der Waals surface area contributed by atoms with E-state index in [-0.39, 0.29) is 17.7 Å². The van der Waals surface area contributed by atoms with E-state index < -0.39 is 35.8 Å². The first-order chi connectivity index (χ1) is 13.0. The summed E-state index contributed by atoms with van der Waals surface area (Å²) in [6.45, 7) is 10.5. The van der Waals surface area contributed by atoms with Crippen LogP contribution in [0.5, 0.6) is 0 Å². The van der Waals surface area contributed by atoms with Gasteiger partial charge < -0.3 is 15.0 Å². The molecule has 1 aromatic heterocycles. The summed E-state index contributed by atoms with van der Waals surface area (Å²) in [5.74, 6) is -1.13. The Morgan fingerprint density at radius 1 is 1.14 bits per heavy atom. The van der Waals surface area contributed by atoms with Crippen LogP contribution in [0.4, 0.5) is 4.79 Å². The van der Waals surface area contributed by atoms with Crippen molar-refractivity contribution in [1.29, 1.82) is 0 Å². The quantitative estimate of drug-likeness (QED) is 0.402. The van der Waals surface area contributed by atoms with Gasteiger partial charge in [0.05, 0.1) is 24.3 Å². The number of nitrogens with zero attached hydrogens (tertiary/aromatic N) is 1. The summed E-state index contributed by atoms with van der Waals surface area (Å²) in [6.07, 6.45) is 1.27. The summed E-state index contributed by atoms with van der Waals surface area (Å²) in [5, 5.41) is 2.71. The molecular weight excluding hydrogens is 362 g/mol. The second kappa shape index (κ2) is 8.16. The predicted molar refractivity (Wildman–Crippen MR) is 103 cm³/mol. The largest absolute Gasteiger partial charge is 0.462 e. The molecule has 1 saturated heterocycles. The van der Waals surface area contributed by atoms with Gasteiger partial charge in [-0.15, -0.1) is 0 Å². The van der Waals surface area contributed by atoms with Gasteiger partial charge in [-0.2, -0.15) is 0 Å². The molecule has 1 fully saturated rings. The zero-order valence-electron chi connectivity index (χ0n) is 17.4. The average molecular weight is 391 g/mol. The fraction of sp³-hybridized carbons (Fsp3) is 0.600. The molecule has 1 atom stereocenters. The molecule has 0 unspecified atom stereocenters. The normalized spacial score (nSPS) is 19.3. The van der Waals surface area contributed by atoms with Gasteiger partial charge in [-0.05, 0) is 46.5 Å². The van der Waals surface area contributed by atoms with E-state index in [1.807, 2.05) is 13.8 Å². The highest BCUT2D eigenvalue weighted by atomic mass is 16.5. The molecule has 0 aromatic carbocycles. The van der Waals surface area contributed by atoms with Crippen LogP contribution in [0.1, 0.15) is 72.6 Å². The number of carbonyl (C=O) groups excluding carboxylic acids is 4. The topological polar surface area (TPSA) is 109 Å². The van der Waals surface area contributed by atoms with Gasteiger partial charge in [0.15, 0.2) is 5.78 Å². The van der Waals surface area contributed by atoms with Gasteiger partial charge in [0.1, 0.15) is 5.54 Å². The van der Waals surface area contributed by atoms with E-state index >= 15 is 0 Å². The number of rotatable bonds is 8. The lowest BCUT2D eigenvalue weighted by Crippen LogP contribution is -2.44. The number of hydrogen-bond acceptors (Lipinski definition) is 5. The summed E-state index contributed by atoms with van der Waals surface area (Å²) < 4.78 is 5.04. The summed E-state index contributed by atoms with van der Waals surface area (Å²) in [4.78, 5) is 54.3. The van der Waals surface area contributed by atoms with Gasteiger partial charge in [-0.3, -0.25) is 14.5 Å². The van der Waals surface area contributed by atoms with Crippen LogP contribution in [0, 0.1) is 19.8 Å². The van der Waals surface area contributed by atoms with Crippen LogP contribution < -0.4 is 5.32 Å². The molecule has 154 valence electrons. The molecule has 2 heterocycles. The Morgan fingerprint density at radius 3 is 2.32 bits per heavy atom. The first-order valence-corrected chi connectivity index (χ1v) is 9.55. The van der Waals surface area contributed by atoms with Gasteiger partial charge in [-0.1, -0.05) is 13.8 Å². The molecule has 2 rings (SSSR count). The summed E-state index contributed by atoms with van der Waals surface area (Å²) in [5.41, 5.74) is 0.305. The van der Waals surface area contributed by atoms with Crippen LogP contribution in [0.15, 0.2) is 0 Å². The zero-order valence-corrected chi connectivity index (χ0v) is 17.4. The maximum absolute atomic E-state index is 12.9. The minimum Gasteiger partial charge on any atom is -0.462 e. The Morgan fingerprint density at radius 2 is 1.75 bits per heavy atom. The number of H-pyrrole nitrogens is 1. The third kappa shape index (κ3) is 4.10. The van der Waals surface area contributed by atoms with Crippen molar-refractivity contribution < 1.29 is 23.9 Å². The van der Waals surface area contributed by atoms with Crippen LogP contribution in [0.2, 0.25) is 0 Å². The predicted octanol–water partition coefficient (Wildman–Crippen LogP) is 2.74. The first kappa shape index (κ1) is 21.7. The number of aryl methyl sites for hydroxylation is 2. The second-order valence-electron chi connectivity index (χ2n) is 7.85. The van der Waals surface area contributed by atoms with Gasteiger partial charge >= 0.3 is 12.0 Å². The number of aromatic nitrogens is 1. The number of ether oxygens (including phenoxy) is 1. The summed E-state index contributed by atoms with van der Waals surface area (Å²) in [6, 6.07) is -0.591. The number of carbonyl (C=O) groups is 4. The maximum atomic E-state index is 12.9. The van der Waals surface area contributed by atoms with Crippen molar-refractivity contribution in [1.82, 2.24) is 15.2 Å². The number of Topliss-reactive ketones (excluding diaryl/α,β-unsaturated/α-hetero) is 1. The standard InChI is InChI=1S/C20H29N3O5/c1-7-28-17(25)16-13(5)21-12(4)15(16)14(24)10-23-18(26)20(6,22-19(23)27)9-8-11(2)3/h11,21H,7-10H2,1-6H3,(H,22,27)/t20-/m1/s1. The summed E-state index contributed by atoms with van der Waals surface area (Å²) in [7, 11) is 0. The van der Waals surface area contributed by atoms with E-state index in [9.17, 15) is 19.2 Å². The molecular formula is C20H29N3O5. The van der Waals surface area contributed by atoms with Crippen molar-refractivity contribution >= 4 is 23.7 Å². The van der Waals surface area contributed by atoms with Crippen LogP contribution >= 0.6 is 0 Å². The Bertz CT molecular complexity index is 811. The van der Waals surface area contributed by atoms with Crippen molar-refractivity contribution in [2.75, 3.05) is 13.2 Å². The smallest absolute Gasteiger partial charge is 0.340 e. The van der Waals surface area contributed by atoms with Crippen molar-refractivity contribution in [3.8, 4) is 0 Å². The van der Waals surface area contributed by atoms with Crippen LogP contribution in [-0.4, -0.2) is 52.3 Å². The lowest BCUT2D eigenvalue weighted by molar-refractivity contribution is -0.130. The zero-order chi connectivity index (χ0) is 21.2. The van der Waals surface area contributed by atoms with Crippen molar-refractivity contribution in [3.05, 3.63) is 22.5 Å². The number of imide groups is 1. The van der Waals surface area contributed by atoms with Crippen molar-refractivity contribution in [2.45, 2.75) is 59.9 Å². The van der Waals surface area contributed by atoms with E-state index in [2.05, 4.69) is 10.3 Å². The fourth-order valence-corrected chi connectivity index (χ4v) is 3.45. The number of hydrogen-bond donors (Lipinski definition) is 2. The van der Waals surface area contributed by atoms with Gasteiger partial charge in [-0.25, -0.2) is 9.59 Å². The van der Waals surface area contributed by atoms with Crippen molar-refractivity contribution in [3.63, 3.8) is 0 Å². The fourth-order valence-electron chi connectivity index (χ4n) is 3.45. The Labute approximate surface area is 165 Å². The Hall–Kier alpha value is -2.64. The highest BCUT2D eigenvalue weighted by Crippen LogP contribution is 2.26. The molecule has 8 nitrogen and oxygen atoms in total. The third-order valence-electron chi connectivity index (χ3n) is 5.00. The lowest BCUT2D eigenvalue weighted by Gasteiger charge is -2.22. The maximum Gasteiger partial charge on any atom is 0.340 e. The van der Waals surface area contributed by atoms with Gasteiger partial charge in [0, 0.05) is 11.4 Å². The number of amides is 3. The van der Waals surface area contributed by atoms with Gasteiger partial charge in [0.25, 0.3) is 5.91 Å². The van der Waals surface area contributed by atoms with E-state index in [0.717, 1.165) is 11.3 Å². The first-order valence-electron chi connectivity index (χ1n) is 9.55. The molecule has 0 saturated carbocycles. The molecule has 2 N–H and O–H groups in total. The number of ketones is 1. The molecule has 0 radical (unpaired) electrons. The van der Waals surface area contributed by atoms with Crippen LogP contribution in [0.25, 0.3) is 0 Å². The number of nitrogens with one attached hydrogen (secondary N) is 2. The molecule has 8 heteroatoms. The molecule has 28 heavy (non-hydrogen) atoms. The average Bonchev–Trinajstić information content (AvgIpc) is 3.01. The van der Waals surface area contributed by atoms with E-state index in [1.54, 1.807) is 27.7 Å². The minimum absolute atomic E-state index is 0.152. The molecule has 1 aliphatic rings. The van der Waals surface area contributed by atoms with Crippen LogP contribution in [0.3, 0.4) is 0 Å². The van der Waals surface area contributed by atoms with E-state index in [1.165, 1.54) is 0 Å². The van der Waals surface area contributed by atoms with Gasteiger partial charge in [0.2, 0.25) is 0 Å².